The number of hydrogen-bond donors (Lipinski definition) is 2. The van der Waals surface area contributed by atoms with E-state index in [0.29, 0.717) is 36.9 Å². The number of oxazole rings is 1. The fourth-order valence-electron chi connectivity index (χ4n) is 4.03. The first-order valence-corrected chi connectivity index (χ1v) is 9.30. The average Bonchev–Trinajstić information content (AvgIpc) is 3.13. The number of rotatable bonds is 2. The molecule has 4 fully saturated rings. The molecule has 138 valence electrons. The lowest BCUT2D eigenvalue weighted by Crippen LogP contribution is -2.63. The van der Waals surface area contributed by atoms with Crippen LogP contribution in [0.1, 0.15) is 12.8 Å². The Bertz CT molecular complexity index is 808. The van der Waals surface area contributed by atoms with Crippen molar-refractivity contribution in [2.24, 2.45) is 0 Å². The number of piperidine rings is 2. The van der Waals surface area contributed by atoms with Crippen molar-refractivity contribution in [2.75, 3.05) is 49.6 Å². The van der Waals surface area contributed by atoms with E-state index in [1.165, 1.54) is 0 Å². The second-order valence-electron chi connectivity index (χ2n) is 7.20. The van der Waals surface area contributed by atoms with Gasteiger partial charge in [0.15, 0.2) is 5.58 Å². The lowest BCUT2D eigenvalue weighted by atomic mass is 9.93. The molecule has 1 aromatic carbocycles. The molecule has 0 saturated carbocycles. The van der Waals surface area contributed by atoms with Crippen molar-refractivity contribution in [1.29, 1.82) is 0 Å². The molecule has 26 heavy (non-hydrogen) atoms. The predicted octanol–water partition coefficient (Wildman–Crippen LogP) is 1.63. The standard InChI is InChI=1S/C18H23N5O3/c24-17(23-11-13-1-3-14(23)10-19-13)20-12-2-4-15-16(9-12)26-18(21-15)22-5-7-25-8-6-22/h2,4,9,13-14,19H,1,3,5-8,10-11H2,(H,20,24). The molecule has 4 aliphatic rings. The lowest BCUT2D eigenvalue weighted by molar-refractivity contribution is 0.106. The highest BCUT2D eigenvalue weighted by atomic mass is 16.5. The molecule has 2 unspecified atom stereocenters. The highest BCUT2D eigenvalue weighted by molar-refractivity contribution is 5.92. The van der Waals surface area contributed by atoms with E-state index in [2.05, 4.69) is 20.5 Å². The number of nitrogens with zero attached hydrogens (tertiary/aromatic N) is 3. The molecular formula is C18H23N5O3. The zero-order chi connectivity index (χ0) is 17.5. The Balaban J connectivity index is 1.32. The summed E-state index contributed by atoms with van der Waals surface area (Å²) in [6, 6.07) is 6.93. The van der Waals surface area contributed by atoms with Crippen molar-refractivity contribution in [1.82, 2.24) is 15.2 Å². The summed E-state index contributed by atoms with van der Waals surface area (Å²) in [5.74, 6) is 0. The van der Waals surface area contributed by atoms with Gasteiger partial charge in [-0.15, -0.1) is 0 Å². The van der Waals surface area contributed by atoms with Crippen molar-refractivity contribution in [3.63, 3.8) is 0 Å². The Morgan fingerprint density at radius 1 is 1.27 bits per heavy atom. The third kappa shape index (κ3) is 2.89. The number of morpholine rings is 1. The van der Waals surface area contributed by atoms with Gasteiger partial charge in [0, 0.05) is 50.0 Å². The minimum absolute atomic E-state index is 0.0338. The normalized spacial score (nSPS) is 25.7. The number of nitrogens with one attached hydrogen (secondary N) is 2. The molecule has 2 amide bonds. The van der Waals surface area contributed by atoms with E-state index in [4.69, 9.17) is 9.15 Å². The van der Waals surface area contributed by atoms with Crippen LogP contribution in [0.3, 0.4) is 0 Å². The second kappa shape index (κ2) is 6.44. The topological polar surface area (TPSA) is 82.9 Å². The van der Waals surface area contributed by atoms with Crippen molar-refractivity contribution in [2.45, 2.75) is 24.9 Å². The number of carbonyl (C=O) groups is 1. The van der Waals surface area contributed by atoms with Crippen molar-refractivity contribution >= 4 is 28.8 Å². The number of fused-ring (bicyclic) bond motifs is 4. The molecule has 2 atom stereocenters. The summed E-state index contributed by atoms with van der Waals surface area (Å²) in [5.41, 5.74) is 2.22. The van der Waals surface area contributed by atoms with Gasteiger partial charge in [0.05, 0.1) is 13.2 Å². The van der Waals surface area contributed by atoms with Crippen LogP contribution in [-0.4, -0.2) is 67.4 Å². The molecule has 2 N–H and O–H groups in total. The molecule has 1 aromatic heterocycles. The molecule has 4 saturated heterocycles. The average molecular weight is 357 g/mol. The molecule has 6 rings (SSSR count). The van der Waals surface area contributed by atoms with E-state index in [-0.39, 0.29) is 6.03 Å². The fraction of sp³-hybridized carbons (Fsp3) is 0.556. The van der Waals surface area contributed by atoms with Gasteiger partial charge in [0.1, 0.15) is 5.52 Å². The number of anilines is 2. The maximum absolute atomic E-state index is 12.7. The second-order valence-corrected chi connectivity index (χ2v) is 7.20. The largest absolute Gasteiger partial charge is 0.423 e. The van der Waals surface area contributed by atoms with Crippen LogP contribution in [-0.2, 0) is 4.74 Å². The monoisotopic (exact) mass is 357 g/mol. The van der Waals surface area contributed by atoms with Gasteiger partial charge in [-0.1, -0.05) is 0 Å². The summed E-state index contributed by atoms with van der Waals surface area (Å²) in [6.07, 6.45) is 2.23. The minimum atomic E-state index is -0.0338. The quantitative estimate of drug-likeness (QED) is 0.850. The summed E-state index contributed by atoms with van der Waals surface area (Å²) in [4.78, 5) is 21.2. The summed E-state index contributed by atoms with van der Waals surface area (Å²) in [6.45, 7) is 4.61. The summed E-state index contributed by atoms with van der Waals surface area (Å²) >= 11 is 0. The Hall–Kier alpha value is -2.32. The molecule has 8 nitrogen and oxygen atoms in total. The van der Waals surface area contributed by atoms with E-state index in [0.717, 1.165) is 50.2 Å². The van der Waals surface area contributed by atoms with Crippen molar-refractivity contribution < 1.29 is 13.9 Å². The first-order valence-electron chi connectivity index (χ1n) is 9.30. The van der Waals surface area contributed by atoms with E-state index in [1.54, 1.807) is 0 Å². The number of piperazine rings is 1. The van der Waals surface area contributed by atoms with Crippen LogP contribution in [0, 0.1) is 0 Å². The van der Waals surface area contributed by atoms with Gasteiger partial charge in [0.25, 0.3) is 6.01 Å². The van der Waals surface area contributed by atoms with E-state index >= 15 is 0 Å². The molecule has 8 heteroatoms. The summed E-state index contributed by atoms with van der Waals surface area (Å²) < 4.78 is 11.3. The summed E-state index contributed by atoms with van der Waals surface area (Å²) in [7, 11) is 0. The number of urea groups is 1. The molecule has 2 bridgehead atoms. The van der Waals surface area contributed by atoms with Gasteiger partial charge in [0.2, 0.25) is 0 Å². The Morgan fingerprint density at radius 2 is 2.15 bits per heavy atom. The van der Waals surface area contributed by atoms with Gasteiger partial charge >= 0.3 is 6.03 Å². The third-order valence-corrected chi connectivity index (χ3v) is 5.52. The Kier molecular flexibility index (Phi) is 3.94. The highest BCUT2D eigenvalue weighted by Gasteiger charge is 2.36. The van der Waals surface area contributed by atoms with Crippen molar-refractivity contribution in [3.05, 3.63) is 18.2 Å². The molecule has 0 radical (unpaired) electrons. The van der Waals surface area contributed by atoms with Gasteiger partial charge in [-0.25, -0.2) is 4.79 Å². The van der Waals surface area contributed by atoms with Crippen LogP contribution in [0.4, 0.5) is 16.5 Å². The zero-order valence-electron chi connectivity index (χ0n) is 14.6. The number of benzene rings is 1. The SMILES string of the molecule is O=C(Nc1ccc2nc(N3CCOCC3)oc2c1)N1CC2CCC1CN2. The molecule has 0 aliphatic carbocycles. The molecule has 4 aliphatic heterocycles. The zero-order valence-corrected chi connectivity index (χ0v) is 14.6. The van der Waals surface area contributed by atoms with Crippen LogP contribution in [0.15, 0.2) is 22.6 Å². The Labute approximate surface area is 151 Å². The third-order valence-electron chi connectivity index (χ3n) is 5.52. The van der Waals surface area contributed by atoms with E-state index < -0.39 is 0 Å². The number of hydrogen-bond acceptors (Lipinski definition) is 6. The van der Waals surface area contributed by atoms with E-state index in [1.807, 2.05) is 23.1 Å². The number of ether oxygens (including phenoxy) is 1. The first-order chi connectivity index (χ1) is 12.8. The van der Waals surface area contributed by atoms with Crippen LogP contribution < -0.4 is 15.5 Å². The molecule has 5 heterocycles. The fourth-order valence-corrected chi connectivity index (χ4v) is 4.03. The van der Waals surface area contributed by atoms with Crippen molar-refractivity contribution in [3.8, 4) is 0 Å². The maximum Gasteiger partial charge on any atom is 0.322 e. The maximum atomic E-state index is 12.7. The Morgan fingerprint density at radius 3 is 2.88 bits per heavy atom. The van der Waals surface area contributed by atoms with Crippen LogP contribution >= 0.6 is 0 Å². The van der Waals surface area contributed by atoms with Crippen LogP contribution in [0.25, 0.3) is 11.1 Å². The highest BCUT2D eigenvalue weighted by Crippen LogP contribution is 2.27. The van der Waals surface area contributed by atoms with Gasteiger partial charge in [-0.05, 0) is 25.0 Å². The van der Waals surface area contributed by atoms with Crippen LogP contribution in [0.5, 0.6) is 0 Å². The van der Waals surface area contributed by atoms with E-state index in [9.17, 15) is 4.79 Å². The predicted molar refractivity (Wildman–Crippen MR) is 97.6 cm³/mol. The minimum Gasteiger partial charge on any atom is -0.423 e. The molecule has 0 spiro atoms. The van der Waals surface area contributed by atoms with Gasteiger partial charge in [-0.2, -0.15) is 4.98 Å². The number of aromatic nitrogens is 1. The lowest BCUT2D eigenvalue weighted by Gasteiger charge is -2.45. The number of carbonyl (C=O) groups excluding carboxylic acids is 1. The molecule has 2 aromatic rings. The summed E-state index contributed by atoms with van der Waals surface area (Å²) in [5, 5.41) is 6.48. The number of amides is 2. The van der Waals surface area contributed by atoms with Gasteiger partial charge < -0.3 is 29.6 Å². The first kappa shape index (κ1) is 15.9. The smallest absolute Gasteiger partial charge is 0.322 e. The van der Waals surface area contributed by atoms with Gasteiger partial charge in [-0.3, -0.25) is 0 Å². The van der Waals surface area contributed by atoms with Crippen LogP contribution in [0.2, 0.25) is 0 Å². The molecular weight excluding hydrogens is 334 g/mol.